The summed E-state index contributed by atoms with van der Waals surface area (Å²) in [4.78, 5) is 16.4. The molecule has 29 heavy (non-hydrogen) atoms. The summed E-state index contributed by atoms with van der Waals surface area (Å²) in [6, 6.07) is 18.5. The van der Waals surface area contributed by atoms with E-state index in [-0.39, 0.29) is 17.9 Å². The fraction of sp³-hybridized carbons (Fsp3) is 0.391. The second-order valence-electron chi connectivity index (χ2n) is 7.73. The van der Waals surface area contributed by atoms with Crippen LogP contribution in [0.1, 0.15) is 31.7 Å². The number of para-hydroxylation sites is 2. The molecule has 0 saturated heterocycles. The first-order valence-corrected chi connectivity index (χ1v) is 10.2. The minimum absolute atomic E-state index is 0.0605. The van der Waals surface area contributed by atoms with Crippen LogP contribution in [0.25, 0.3) is 0 Å². The number of amides is 1. The van der Waals surface area contributed by atoms with Gasteiger partial charge in [-0.05, 0) is 29.7 Å². The molecule has 2 aromatic carbocycles. The lowest BCUT2D eigenvalue weighted by Crippen LogP contribution is -2.46. The van der Waals surface area contributed by atoms with Crippen molar-refractivity contribution in [3.05, 3.63) is 60.2 Å². The number of nitrogens with one attached hydrogen (secondary N) is 4. The smallest absolute Gasteiger partial charge is 0.225 e. The van der Waals surface area contributed by atoms with Gasteiger partial charge in [-0.1, -0.05) is 50.2 Å². The molecule has 4 N–H and O–H groups in total. The summed E-state index contributed by atoms with van der Waals surface area (Å²) in [5.74, 6) is 1.39. The molecule has 0 bridgehead atoms. The van der Waals surface area contributed by atoms with E-state index in [1.54, 1.807) is 7.05 Å². The zero-order chi connectivity index (χ0) is 20.6. The van der Waals surface area contributed by atoms with Crippen molar-refractivity contribution in [3.8, 4) is 0 Å². The zero-order valence-electron chi connectivity index (χ0n) is 17.4. The van der Waals surface area contributed by atoms with E-state index in [9.17, 15) is 4.79 Å². The zero-order valence-corrected chi connectivity index (χ0v) is 17.4. The topological polar surface area (TPSA) is 77.5 Å². The molecule has 0 saturated carbocycles. The van der Waals surface area contributed by atoms with Gasteiger partial charge < -0.3 is 21.3 Å². The second-order valence-corrected chi connectivity index (χ2v) is 7.73. The number of nitrogens with zero attached hydrogens (tertiary/aromatic N) is 1. The van der Waals surface area contributed by atoms with Crippen molar-refractivity contribution >= 4 is 23.2 Å². The molecule has 6 nitrogen and oxygen atoms in total. The van der Waals surface area contributed by atoms with Gasteiger partial charge in [0, 0.05) is 49.9 Å². The highest BCUT2D eigenvalue weighted by Gasteiger charge is 2.24. The van der Waals surface area contributed by atoms with Crippen LogP contribution in [-0.4, -0.2) is 38.0 Å². The molecule has 6 heteroatoms. The number of hydrogen-bond donors (Lipinski definition) is 4. The lowest BCUT2D eigenvalue weighted by molar-refractivity contribution is -0.116. The number of hydrogen-bond acceptors (Lipinski definition) is 3. The number of benzene rings is 2. The summed E-state index contributed by atoms with van der Waals surface area (Å²) in [5, 5.41) is 13.3. The van der Waals surface area contributed by atoms with Crippen LogP contribution in [0.2, 0.25) is 0 Å². The van der Waals surface area contributed by atoms with Crippen LogP contribution in [0.5, 0.6) is 0 Å². The van der Waals surface area contributed by atoms with E-state index in [4.69, 9.17) is 0 Å². The highest BCUT2D eigenvalue weighted by Crippen LogP contribution is 2.31. The van der Waals surface area contributed by atoms with Crippen molar-refractivity contribution in [2.75, 3.05) is 30.8 Å². The predicted molar refractivity (Wildman–Crippen MR) is 120 cm³/mol. The maximum Gasteiger partial charge on any atom is 0.225 e. The number of fused-ring (bicyclic) bond motifs is 1. The Balaban J connectivity index is 1.56. The Morgan fingerprint density at radius 3 is 2.55 bits per heavy atom. The van der Waals surface area contributed by atoms with Crippen LogP contribution in [0, 0.1) is 5.92 Å². The quantitative estimate of drug-likeness (QED) is 0.429. The number of guanidine groups is 1. The Hall–Kier alpha value is -3.02. The van der Waals surface area contributed by atoms with E-state index >= 15 is 0 Å². The van der Waals surface area contributed by atoms with Crippen LogP contribution in [0.15, 0.2) is 59.6 Å². The summed E-state index contributed by atoms with van der Waals surface area (Å²) in [6.07, 6.45) is 0.477. The third kappa shape index (κ3) is 5.73. The highest BCUT2D eigenvalue weighted by atomic mass is 16.1. The first-order valence-electron chi connectivity index (χ1n) is 10.2. The monoisotopic (exact) mass is 393 g/mol. The molecule has 0 fully saturated rings. The fourth-order valence-corrected chi connectivity index (χ4v) is 3.53. The Morgan fingerprint density at radius 1 is 1.10 bits per heavy atom. The molecule has 1 aliphatic heterocycles. The van der Waals surface area contributed by atoms with Gasteiger partial charge >= 0.3 is 0 Å². The first-order chi connectivity index (χ1) is 14.1. The molecule has 2 aromatic rings. The van der Waals surface area contributed by atoms with E-state index in [0.29, 0.717) is 18.9 Å². The first kappa shape index (κ1) is 20.7. The summed E-state index contributed by atoms with van der Waals surface area (Å²) >= 11 is 0. The minimum atomic E-state index is 0.0605. The number of aliphatic imine (C=N–C) groups is 1. The lowest BCUT2D eigenvalue weighted by Gasteiger charge is -2.27. The van der Waals surface area contributed by atoms with Gasteiger partial charge in [0.05, 0.1) is 0 Å². The Labute approximate surface area is 173 Å². The standard InChI is InChI=1S/C23H31N5O/c1-16(2)21(27-18-9-5-4-6-10-18)15-26-23(24-3)25-14-17-13-22(29)28-20-12-8-7-11-19(17)20/h4-12,16-17,21,27H,13-15H2,1-3H3,(H,28,29)(H2,24,25,26). The van der Waals surface area contributed by atoms with Crippen LogP contribution in [0.3, 0.4) is 0 Å². The molecule has 0 radical (unpaired) electrons. The molecular formula is C23H31N5O. The summed E-state index contributed by atoms with van der Waals surface area (Å²) < 4.78 is 0. The third-order valence-electron chi connectivity index (χ3n) is 5.27. The number of anilines is 2. The Morgan fingerprint density at radius 2 is 1.83 bits per heavy atom. The van der Waals surface area contributed by atoms with E-state index in [1.165, 1.54) is 5.56 Å². The maximum atomic E-state index is 12.0. The van der Waals surface area contributed by atoms with Gasteiger partial charge in [-0.15, -0.1) is 0 Å². The molecule has 3 rings (SSSR count). The van der Waals surface area contributed by atoms with Crippen LogP contribution in [0.4, 0.5) is 11.4 Å². The van der Waals surface area contributed by atoms with Gasteiger partial charge in [0.1, 0.15) is 0 Å². The number of carbonyl (C=O) groups is 1. The van der Waals surface area contributed by atoms with E-state index in [1.807, 2.05) is 36.4 Å². The molecule has 154 valence electrons. The highest BCUT2D eigenvalue weighted by molar-refractivity contribution is 5.94. The third-order valence-corrected chi connectivity index (χ3v) is 5.27. The Kier molecular flexibility index (Phi) is 7.11. The normalized spacial score (nSPS) is 17.3. The predicted octanol–water partition coefficient (Wildman–Crippen LogP) is 3.41. The SMILES string of the molecule is CN=C(NCC1CC(=O)Nc2ccccc21)NCC(Nc1ccccc1)C(C)C. The van der Waals surface area contributed by atoms with Gasteiger partial charge in [-0.2, -0.15) is 0 Å². The summed E-state index contributed by atoms with van der Waals surface area (Å²) in [5.41, 5.74) is 3.19. The van der Waals surface area contributed by atoms with Crippen LogP contribution >= 0.6 is 0 Å². The summed E-state index contributed by atoms with van der Waals surface area (Å²) in [7, 11) is 1.77. The Bertz CT molecular complexity index is 834. The van der Waals surface area contributed by atoms with Crippen molar-refractivity contribution in [1.82, 2.24) is 10.6 Å². The average Bonchev–Trinajstić information content (AvgIpc) is 2.73. The van der Waals surface area contributed by atoms with Crippen LogP contribution < -0.4 is 21.3 Å². The minimum Gasteiger partial charge on any atom is -0.380 e. The van der Waals surface area contributed by atoms with E-state index < -0.39 is 0 Å². The van der Waals surface area contributed by atoms with Crippen molar-refractivity contribution in [3.63, 3.8) is 0 Å². The molecule has 1 amide bonds. The van der Waals surface area contributed by atoms with Crippen molar-refractivity contribution in [2.24, 2.45) is 10.9 Å². The second kappa shape index (κ2) is 9.96. The van der Waals surface area contributed by atoms with Crippen molar-refractivity contribution in [1.29, 1.82) is 0 Å². The van der Waals surface area contributed by atoms with E-state index in [2.05, 4.69) is 58.3 Å². The number of carbonyl (C=O) groups excluding carboxylic acids is 1. The van der Waals surface area contributed by atoms with Gasteiger partial charge in [0.15, 0.2) is 5.96 Å². The van der Waals surface area contributed by atoms with Gasteiger partial charge in [-0.25, -0.2) is 0 Å². The molecule has 0 spiro atoms. The van der Waals surface area contributed by atoms with Gasteiger partial charge in [0.2, 0.25) is 5.91 Å². The number of rotatable bonds is 7. The molecule has 2 unspecified atom stereocenters. The molecule has 1 heterocycles. The van der Waals surface area contributed by atoms with E-state index in [0.717, 1.165) is 23.9 Å². The molecule has 1 aliphatic rings. The molecule has 0 aromatic heterocycles. The average molecular weight is 394 g/mol. The van der Waals surface area contributed by atoms with Gasteiger partial charge in [0.25, 0.3) is 0 Å². The molecular weight excluding hydrogens is 362 g/mol. The summed E-state index contributed by atoms with van der Waals surface area (Å²) in [6.45, 7) is 5.81. The van der Waals surface area contributed by atoms with Crippen molar-refractivity contribution < 1.29 is 4.79 Å². The van der Waals surface area contributed by atoms with Crippen molar-refractivity contribution in [2.45, 2.75) is 32.2 Å². The largest absolute Gasteiger partial charge is 0.380 e. The fourth-order valence-electron chi connectivity index (χ4n) is 3.53. The van der Waals surface area contributed by atoms with Crippen LogP contribution in [-0.2, 0) is 4.79 Å². The molecule has 0 aliphatic carbocycles. The maximum absolute atomic E-state index is 12.0. The van der Waals surface area contributed by atoms with Gasteiger partial charge in [-0.3, -0.25) is 9.79 Å². The lowest BCUT2D eigenvalue weighted by atomic mass is 9.90. The molecule has 2 atom stereocenters.